The Morgan fingerprint density at radius 1 is 1.30 bits per heavy atom. The van der Waals surface area contributed by atoms with Crippen LogP contribution in [0.1, 0.15) is 0 Å². The molecule has 2 fully saturated rings. The second-order valence-electron chi connectivity index (χ2n) is 2.70. The SMILES string of the molecule is [CH]1CNC(C2CNCN2)N1. The van der Waals surface area contributed by atoms with E-state index in [9.17, 15) is 0 Å². The molecule has 2 atom stereocenters. The maximum absolute atomic E-state index is 3.34. The van der Waals surface area contributed by atoms with Crippen molar-refractivity contribution in [3.05, 3.63) is 6.54 Å². The molecule has 0 aromatic rings. The van der Waals surface area contributed by atoms with Gasteiger partial charge in [-0.3, -0.25) is 16.0 Å². The topological polar surface area (TPSA) is 48.1 Å². The Bertz CT molecular complexity index is 90.3. The van der Waals surface area contributed by atoms with Gasteiger partial charge in [-0.2, -0.15) is 0 Å². The molecule has 2 aliphatic rings. The monoisotopic (exact) mass is 141 g/mol. The lowest BCUT2D eigenvalue weighted by Crippen LogP contribution is -2.48. The van der Waals surface area contributed by atoms with Gasteiger partial charge in [0, 0.05) is 32.3 Å². The predicted molar refractivity (Wildman–Crippen MR) is 39.0 cm³/mol. The van der Waals surface area contributed by atoms with Crippen LogP contribution >= 0.6 is 0 Å². The highest BCUT2D eigenvalue weighted by Crippen LogP contribution is 1.98. The van der Waals surface area contributed by atoms with Crippen LogP contribution in [0.4, 0.5) is 0 Å². The number of hydrogen-bond donors (Lipinski definition) is 4. The van der Waals surface area contributed by atoms with Gasteiger partial charge in [-0.1, -0.05) is 0 Å². The first-order valence-corrected chi connectivity index (χ1v) is 3.72. The van der Waals surface area contributed by atoms with Crippen LogP contribution in [0.2, 0.25) is 0 Å². The molecule has 0 saturated carbocycles. The standard InChI is InChI=1S/C6H13N4/c1-2-9-6(8-1)5-3-7-4-10-5/h1,5-10H,2-4H2. The molecule has 0 amide bonds. The van der Waals surface area contributed by atoms with Crippen LogP contribution in [-0.2, 0) is 0 Å². The lowest BCUT2D eigenvalue weighted by Gasteiger charge is -2.17. The van der Waals surface area contributed by atoms with Crippen LogP contribution in [0.5, 0.6) is 0 Å². The zero-order valence-corrected chi connectivity index (χ0v) is 5.85. The van der Waals surface area contributed by atoms with Gasteiger partial charge in [0.05, 0.1) is 6.17 Å². The van der Waals surface area contributed by atoms with E-state index in [0.29, 0.717) is 12.2 Å². The van der Waals surface area contributed by atoms with Gasteiger partial charge in [0.25, 0.3) is 0 Å². The summed E-state index contributed by atoms with van der Waals surface area (Å²) < 4.78 is 0. The fourth-order valence-electron chi connectivity index (χ4n) is 1.43. The fraction of sp³-hybridized carbons (Fsp3) is 0.833. The van der Waals surface area contributed by atoms with Crippen molar-refractivity contribution >= 4 is 0 Å². The molecule has 0 aliphatic carbocycles. The molecule has 4 nitrogen and oxygen atoms in total. The summed E-state index contributed by atoms with van der Waals surface area (Å²) in [5.41, 5.74) is 0. The molecule has 2 heterocycles. The van der Waals surface area contributed by atoms with Crippen molar-refractivity contribution in [3.8, 4) is 0 Å². The first kappa shape index (κ1) is 6.54. The van der Waals surface area contributed by atoms with E-state index in [1.54, 1.807) is 0 Å². The van der Waals surface area contributed by atoms with Gasteiger partial charge < -0.3 is 5.32 Å². The van der Waals surface area contributed by atoms with E-state index < -0.39 is 0 Å². The van der Waals surface area contributed by atoms with Crippen LogP contribution in [0.25, 0.3) is 0 Å². The summed E-state index contributed by atoms with van der Waals surface area (Å²) in [6.07, 6.45) is 0.426. The first-order chi connectivity index (χ1) is 4.97. The zero-order valence-electron chi connectivity index (χ0n) is 5.85. The molecule has 57 valence electrons. The second kappa shape index (κ2) is 2.84. The third-order valence-electron chi connectivity index (χ3n) is 1.99. The van der Waals surface area contributed by atoms with Crippen LogP contribution in [-0.4, -0.2) is 32.0 Å². The highest BCUT2D eigenvalue weighted by atomic mass is 15.3. The average Bonchev–Trinajstić information content (AvgIpc) is 2.59. The first-order valence-electron chi connectivity index (χ1n) is 3.72. The summed E-state index contributed by atoms with van der Waals surface area (Å²) in [7, 11) is 0. The Morgan fingerprint density at radius 3 is 2.90 bits per heavy atom. The minimum absolute atomic E-state index is 0.426. The number of nitrogens with one attached hydrogen (secondary N) is 4. The molecular formula is C6H13N4. The molecule has 2 saturated heterocycles. The minimum Gasteiger partial charge on any atom is -0.303 e. The van der Waals surface area contributed by atoms with Crippen molar-refractivity contribution in [1.82, 2.24) is 21.3 Å². The Balaban J connectivity index is 1.85. The summed E-state index contributed by atoms with van der Waals surface area (Å²) in [4.78, 5) is 0. The minimum atomic E-state index is 0.426. The van der Waals surface area contributed by atoms with E-state index in [1.165, 1.54) is 0 Å². The zero-order chi connectivity index (χ0) is 6.81. The van der Waals surface area contributed by atoms with Gasteiger partial charge in [0.15, 0.2) is 0 Å². The van der Waals surface area contributed by atoms with Crippen molar-refractivity contribution in [1.29, 1.82) is 0 Å². The van der Waals surface area contributed by atoms with Crippen molar-refractivity contribution in [3.63, 3.8) is 0 Å². The summed E-state index contributed by atoms with van der Waals surface area (Å²) in [5.74, 6) is 0. The van der Waals surface area contributed by atoms with Crippen LogP contribution in [0.3, 0.4) is 0 Å². The molecule has 2 unspecified atom stereocenters. The Labute approximate surface area is 60.8 Å². The second-order valence-corrected chi connectivity index (χ2v) is 2.70. The van der Waals surface area contributed by atoms with E-state index in [-0.39, 0.29) is 0 Å². The summed E-state index contributed by atoms with van der Waals surface area (Å²) in [6, 6.07) is 0.541. The van der Waals surface area contributed by atoms with Crippen molar-refractivity contribution in [2.45, 2.75) is 12.2 Å². The molecule has 2 aliphatic heterocycles. The van der Waals surface area contributed by atoms with Gasteiger partial charge in [0.1, 0.15) is 0 Å². The molecule has 0 aromatic carbocycles. The molecule has 4 heteroatoms. The normalized spacial score (nSPS) is 35.4. The molecule has 1 radical (unpaired) electrons. The number of rotatable bonds is 1. The molecule has 0 bridgehead atoms. The lowest BCUT2D eigenvalue weighted by molar-refractivity contribution is 0.435. The van der Waals surface area contributed by atoms with E-state index in [0.717, 1.165) is 19.8 Å². The Morgan fingerprint density at radius 2 is 2.30 bits per heavy atom. The quantitative estimate of drug-likeness (QED) is 0.347. The van der Waals surface area contributed by atoms with Crippen LogP contribution in [0, 0.1) is 6.54 Å². The van der Waals surface area contributed by atoms with Gasteiger partial charge in [-0.05, 0) is 0 Å². The maximum Gasteiger partial charge on any atom is 0.0746 e. The van der Waals surface area contributed by atoms with E-state index in [1.807, 2.05) is 0 Å². The summed E-state index contributed by atoms with van der Waals surface area (Å²) in [6.45, 7) is 5.02. The Hall–Kier alpha value is -0.160. The van der Waals surface area contributed by atoms with Gasteiger partial charge in [-0.25, -0.2) is 0 Å². The van der Waals surface area contributed by atoms with E-state index in [4.69, 9.17) is 0 Å². The summed E-state index contributed by atoms with van der Waals surface area (Å²) in [5, 5.41) is 13.2. The molecule has 4 N–H and O–H groups in total. The molecule has 0 aromatic heterocycles. The molecule has 10 heavy (non-hydrogen) atoms. The van der Waals surface area contributed by atoms with E-state index >= 15 is 0 Å². The smallest absolute Gasteiger partial charge is 0.0746 e. The van der Waals surface area contributed by atoms with Crippen LogP contribution < -0.4 is 21.3 Å². The fourth-order valence-corrected chi connectivity index (χ4v) is 1.43. The molecule has 0 spiro atoms. The van der Waals surface area contributed by atoms with Gasteiger partial charge in [-0.15, -0.1) is 0 Å². The van der Waals surface area contributed by atoms with Crippen molar-refractivity contribution < 1.29 is 0 Å². The van der Waals surface area contributed by atoms with Crippen molar-refractivity contribution in [2.24, 2.45) is 0 Å². The summed E-state index contributed by atoms with van der Waals surface area (Å²) >= 11 is 0. The molecule has 2 rings (SSSR count). The third kappa shape index (κ3) is 1.15. The highest BCUT2D eigenvalue weighted by molar-refractivity contribution is 4.93. The highest BCUT2D eigenvalue weighted by Gasteiger charge is 2.25. The largest absolute Gasteiger partial charge is 0.303 e. The van der Waals surface area contributed by atoms with E-state index in [2.05, 4.69) is 27.8 Å². The Kier molecular flexibility index (Phi) is 1.86. The van der Waals surface area contributed by atoms with Gasteiger partial charge in [0.2, 0.25) is 0 Å². The van der Waals surface area contributed by atoms with Crippen LogP contribution in [0.15, 0.2) is 0 Å². The maximum atomic E-state index is 3.34. The number of hydrogen-bond acceptors (Lipinski definition) is 4. The third-order valence-corrected chi connectivity index (χ3v) is 1.99. The molecular weight excluding hydrogens is 128 g/mol. The predicted octanol–water partition coefficient (Wildman–Crippen LogP) is -1.81. The average molecular weight is 141 g/mol. The van der Waals surface area contributed by atoms with Gasteiger partial charge >= 0.3 is 0 Å². The lowest BCUT2D eigenvalue weighted by atomic mass is 10.2. The van der Waals surface area contributed by atoms with Crippen molar-refractivity contribution in [2.75, 3.05) is 19.8 Å².